The Hall–Kier alpha value is -2.49. The number of amides is 3. The van der Waals surface area contributed by atoms with Gasteiger partial charge in [-0.25, -0.2) is 0 Å². The highest BCUT2D eigenvalue weighted by molar-refractivity contribution is 9.09. The number of halogens is 1. The van der Waals surface area contributed by atoms with Gasteiger partial charge in [-0.2, -0.15) is 0 Å². The van der Waals surface area contributed by atoms with E-state index in [1.807, 2.05) is 42.5 Å². The van der Waals surface area contributed by atoms with Crippen LogP contribution in [-0.2, 0) is 19.1 Å². The number of fused-ring (bicyclic) bond motifs is 2. The van der Waals surface area contributed by atoms with Crippen LogP contribution >= 0.6 is 15.9 Å². The number of β-amino-alcohol motifs (C(OH)–C–C–N with tert-alkyl or cyclic N) is 1. The normalized spacial score (nSPS) is 32.9. The molecule has 1 spiro atoms. The van der Waals surface area contributed by atoms with E-state index >= 15 is 0 Å². The number of carbonyl (C=O) groups excluding carboxylic acids is 3. The highest BCUT2D eigenvalue weighted by Gasteiger charge is 2.76. The smallest absolute Gasteiger partial charge is 0.250 e. The molecule has 3 unspecified atom stereocenters. The molecule has 3 aliphatic heterocycles. The second-order valence-electron chi connectivity index (χ2n) is 8.58. The summed E-state index contributed by atoms with van der Waals surface area (Å²) in [5.41, 5.74) is -0.515. The molecule has 0 radical (unpaired) electrons. The molecule has 9 heteroatoms. The monoisotopic (exact) mass is 501 g/mol. The van der Waals surface area contributed by atoms with Crippen LogP contribution in [0.15, 0.2) is 42.5 Å². The highest BCUT2D eigenvalue weighted by atomic mass is 79.9. The van der Waals surface area contributed by atoms with Gasteiger partial charge in [-0.15, -0.1) is 0 Å². The Morgan fingerprint density at radius 1 is 1.22 bits per heavy atom. The van der Waals surface area contributed by atoms with Crippen LogP contribution < -0.4 is 10.6 Å². The van der Waals surface area contributed by atoms with Crippen molar-refractivity contribution in [2.45, 2.75) is 29.0 Å². The lowest BCUT2D eigenvalue weighted by Gasteiger charge is -2.33. The zero-order valence-electron chi connectivity index (χ0n) is 17.5. The molecule has 6 atom stereocenters. The number of carbonyl (C=O) groups is 3. The van der Waals surface area contributed by atoms with E-state index in [9.17, 15) is 19.5 Å². The number of nitrogens with zero attached hydrogens (tertiary/aromatic N) is 1. The van der Waals surface area contributed by atoms with Crippen LogP contribution in [0.5, 0.6) is 0 Å². The molecule has 3 fully saturated rings. The van der Waals surface area contributed by atoms with Crippen LogP contribution in [0.1, 0.15) is 6.42 Å². The molecule has 3 saturated heterocycles. The molecule has 3 heterocycles. The average molecular weight is 502 g/mol. The first-order valence-corrected chi connectivity index (χ1v) is 11.6. The summed E-state index contributed by atoms with van der Waals surface area (Å²) in [5, 5.41) is 17.2. The maximum Gasteiger partial charge on any atom is 0.250 e. The summed E-state index contributed by atoms with van der Waals surface area (Å²) >= 11 is 3.60. The van der Waals surface area contributed by atoms with Crippen LogP contribution in [0.4, 0.5) is 5.69 Å². The summed E-state index contributed by atoms with van der Waals surface area (Å²) in [5.74, 6) is -2.44. The minimum absolute atomic E-state index is 0.00562. The second kappa shape index (κ2) is 7.83. The summed E-state index contributed by atoms with van der Waals surface area (Å²) in [6, 6.07) is 12.5. The largest absolute Gasteiger partial charge is 0.395 e. The molecule has 2 bridgehead atoms. The van der Waals surface area contributed by atoms with Crippen LogP contribution in [0.2, 0.25) is 0 Å². The molecule has 3 aliphatic rings. The van der Waals surface area contributed by atoms with Crippen LogP contribution in [0.25, 0.3) is 10.8 Å². The van der Waals surface area contributed by atoms with Gasteiger partial charge in [0.1, 0.15) is 11.6 Å². The van der Waals surface area contributed by atoms with E-state index in [1.54, 1.807) is 0 Å². The summed E-state index contributed by atoms with van der Waals surface area (Å²) in [6.07, 6.45) is -0.0598. The second-order valence-corrected chi connectivity index (χ2v) is 9.76. The Morgan fingerprint density at radius 2 is 1.97 bits per heavy atom. The van der Waals surface area contributed by atoms with Crippen molar-refractivity contribution in [1.82, 2.24) is 10.2 Å². The van der Waals surface area contributed by atoms with E-state index in [2.05, 4.69) is 26.6 Å². The van der Waals surface area contributed by atoms with Crippen molar-refractivity contribution in [3.8, 4) is 0 Å². The fourth-order valence-electron chi connectivity index (χ4n) is 5.72. The summed E-state index contributed by atoms with van der Waals surface area (Å²) < 4.78 is 6.31. The molecule has 0 aromatic heterocycles. The first-order chi connectivity index (χ1) is 15.4. The summed E-state index contributed by atoms with van der Waals surface area (Å²) in [7, 11) is 1.53. The van der Waals surface area contributed by atoms with E-state index in [0.717, 1.165) is 10.8 Å². The van der Waals surface area contributed by atoms with E-state index in [0.29, 0.717) is 12.1 Å². The lowest BCUT2D eigenvalue weighted by Crippen LogP contribution is -2.54. The van der Waals surface area contributed by atoms with Crippen LogP contribution in [0.3, 0.4) is 0 Å². The maximum absolute atomic E-state index is 13.6. The van der Waals surface area contributed by atoms with Crippen molar-refractivity contribution in [2.75, 3.05) is 25.5 Å². The Kier molecular flexibility index (Phi) is 5.22. The third kappa shape index (κ3) is 2.98. The molecule has 32 heavy (non-hydrogen) atoms. The first kappa shape index (κ1) is 21.4. The number of ether oxygens (including phenoxy) is 1. The third-order valence-electron chi connectivity index (χ3n) is 6.94. The van der Waals surface area contributed by atoms with Crippen LogP contribution in [-0.4, -0.2) is 70.5 Å². The minimum Gasteiger partial charge on any atom is -0.395 e. The van der Waals surface area contributed by atoms with Gasteiger partial charge in [0, 0.05) is 24.1 Å². The highest BCUT2D eigenvalue weighted by Crippen LogP contribution is 2.59. The van der Waals surface area contributed by atoms with Gasteiger partial charge in [-0.05, 0) is 29.3 Å². The summed E-state index contributed by atoms with van der Waals surface area (Å²) in [6.45, 7) is -0.297. The molecule has 2 aromatic rings. The third-order valence-corrected chi connectivity index (χ3v) is 7.79. The first-order valence-electron chi connectivity index (χ1n) is 10.7. The molecule has 0 saturated carbocycles. The van der Waals surface area contributed by atoms with Crippen molar-refractivity contribution >= 4 is 50.1 Å². The van der Waals surface area contributed by atoms with E-state index < -0.39 is 29.6 Å². The van der Waals surface area contributed by atoms with Crippen molar-refractivity contribution < 1.29 is 24.2 Å². The predicted octanol–water partition coefficient (Wildman–Crippen LogP) is 1.26. The molecule has 0 aliphatic carbocycles. The number of benzene rings is 2. The van der Waals surface area contributed by atoms with Gasteiger partial charge < -0.3 is 25.4 Å². The number of likely N-dealkylation sites (tertiary alicyclic amines) is 1. The van der Waals surface area contributed by atoms with Crippen molar-refractivity contribution in [3.05, 3.63) is 42.5 Å². The van der Waals surface area contributed by atoms with Crippen LogP contribution in [0, 0.1) is 11.8 Å². The molecule has 3 N–H and O–H groups in total. The molecule has 3 amide bonds. The van der Waals surface area contributed by atoms with E-state index in [1.165, 1.54) is 11.9 Å². The van der Waals surface area contributed by atoms with Gasteiger partial charge in [0.2, 0.25) is 17.7 Å². The number of hydrogen-bond donors (Lipinski definition) is 3. The van der Waals surface area contributed by atoms with Gasteiger partial charge in [0.25, 0.3) is 0 Å². The molecular weight excluding hydrogens is 478 g/mol. The van der Waals surface area contributed by atoms with E-state index in [4.69, 9.17) is 4.74 Å². The molecule has 8 nitrogen and oxygen atoms in total. The maximum atomic E-state index is 13.6. The van der Waals surface area contributed by atoms with Crippen molar-refractivity contribution in [3.63, 3.8) is 0 Å². The van der Waals surface area contributed by atoms with Crippen molar-refractivity contribution in [2.24, 2.45) is 11.8 Å². The Balaban J connectivity index is 1.51. The standard InChI is InChI=1S/C23H24BrN3O5/c1-25-20(29)16-17-22(31)27(8-9-28)19(23(17)11-15(24)18(16)32-23)21(30)26-14-7-6-12-4-2-3-5-13(12)10-14/h2-7,10,15-19,28H,8-9,11H2,1H3,(H,25,29)(H,26,30)/t15?,16-,17+,18-,19?,23?/m1/s1. The summed E-state index contributed by atoms with van der Waals surface area (Å²) in [4.78, 5) is 40.9. The lowest BCUT2D eigenvalue weighted by atomic mass is 9.70. The number of nitrogens with one attached hydrogen (secondary N) is 2. The molecule has 5 rings (SSSR count). The molecular formula is C23H24BrN3O5. The number of anilines is 1. The van der Waals surface area contributed by atoms with Gasteiger partial charge in [0.15, 0.2) is 0 Å². The zero-order chi connectivity index (χ0) is 22.6. The quantitative estimate of drug-likeness (QED) is 0.534. The number of aliphatic hydroxyl groups is 1. The fraction of sp³-hybridized carbons (Fsp3) is 0.435. The minimum atomic E-state index is -1.12. The zero-order valence-corrected chi connectivity index (χ0v) is 19.0. The predicted molar refractivity (Wildman–Crippen MR) is 121 cm³/mol. The van der Waals surface area contributed by atoms with Gasteiger partial charge in [-0.1, -0.05) is 46.3 Å². The van der Waals surface area contributed by atoms with Crippen molar-refractivity contribution in [1.29, 1.82) is 0 Å². The topological polar surface area (TPSA) is 108 Å². The number of hydrogen-bond acceptors (Lipinski definition) is 5. The Labute approximate surface area is 193 Å². The Morgan fingerprint density at radius 3 is 2.69 bits per heavy atom. The lowest BCUT2D eigenvalue weighted by molar-refractivity contribution is -0.141. The SMILES string of the molecule is CNC(=O)[C@H]1[C@@H]2OC3(CC2Br)C(C(=O)Nc2ccc4ccccc4c2)N(CCO)C(=O)[C@H]13. The van der Waals surface area contributed by atoms with Gasteiger partial charge >= 0.3 is 0 Å². The molecule has 2 aromatic carbocycles. The van der Waals surface area contributed by atoms with E-state index in [-0.39, 0.29) is 35.7 Å². The molecule has 168 valence electrons. The van der Waals surface area contributed by atoms with Gasteiger partial charge in [0.05, 0.1) is 24.5 Å². The average Bonchev–Trinajstić information content (AvgIpc) is 3.37. The van der Waals surface area contributed by atoms with Gasteiger partial charge in [-0.3, -0.25) is 14.4 Å². The number of rotatable bonds is 5. The number of aliphatic hydroxyl groups excluding tert-OH is 1. The number of alkyl halides is 1. The fourth-order valence-corrected chi connectivity index (χ4v) is 6.66. The Bertz CT molecular complexity index is 1110.